The topological polar surface area (TPSA) is 71.7 Å². The second-order valence-electron chi connectivity index (χ2n) is 8.76. The molecule has 36 heavy (non-hydrogen) atoms. The molecule has 2 heterocycles. The maximum absolute atomic E-state index is 13.1. The van der Waals surface area contributed by atoms with Crippen LogP contribution in [0.3, 0.4) is 0 Å². The van der Waals surface area contributed by atoms with Gasteiger partial charge in [-0.3, -0.25) is 9.69 Å². The van der Waals surface area contributed by atoms with Crippen LogP contribution in [0, 0.1) is 0 Å². The maximum atomic E-state index is 13.1. The van der Waals surface area contributed by atoms with Gasteiger partial charge in [-0.05, 0) is 35.4 Å². The number of carbonyl (C=O) groups excluding carboxylic acids is 1. The van der Waals surface area contributed by atoms with Crippen LogP contribution in [0.25, 0.3) is 22.8 Å². The lowest BCUT2D eigenvalue weighted by molar-refractivity contribution is -0.144. The predicted octanol–water partition coefficient (Wildman–Crippen LogP) is 5.09. The summed E-state index contributed by atoms with van der Waals surface area (Å²) in [4.78, 5) is 21.9. The number of hydrogen-bond donors (Lipinski definition) is 0. The van der Waals surface area contributed by atoms with Gasteiger partial charge < -0.3 is 14.2 Å². The molecule has 1 fully saturated rings. The molecule has 4 aromatic rings. The highest BCUT2D eigenvalue weighted by Gasteiger charge is 2.28. The Balaban J connectivity index is 1.20. The van der Waals surface area contributed by atoms with Gasteiger partial charge in [0.1, 0.15) is 0 Å². The lowest BCUT2D eigenvalue weighted by Gasteiger charge is -2.36. The SMILES string of the molecule is CO[C@H](C(=O)N1CCN(Cc2cccc(-c3noc(-c4cccc(Cl)c4)n3)c2)CC1)c1ccccc1. The van der Waals surface area contributed by atoms with Gasteiger partial charge in [0.15, 0.2) is 6.10 Å². The highest BCUT2D eigenvalue weighted by Crippen LogP contribution is 2.25. The first-order valence-corrected chi connectivity index (χ1v) is 12.3. The summed E-state index contributed by atoms with van der Waals surface area (Å²) in [6.07, 6.45) is -0.568. The summed E-state index contributed by atoms with van der Waals surface area (Å²) in [7, 11) is 1.58. The Bertz CT molecular complexity index is 1320. The van der Waals surface area contributed by atoms with Crippen molar-refractivity contribution >= 4 is 17.5 Å². The largest absolute Gasteiger partial charge is 0.367 e. The zero-order valence-corrected chi connectivity index (χ0v) is 20.8. The first kappa shape index (κ1) is 24.2. The summed E-state index contributed by atoms with van der Waals surface area (Å²) in [5, 5.41) is 4.78. The Labute approximate surface area is 215 Å². The van der Waals surface area contributed by atoms with Crippen LogP contribution in [0.15, 0.2) is 83.4 Å². The van der Waals surface area contributed by atoms with Gasteiger partial charge in [-0.1, -0.05) is 71.4 Å². The van der Waals surface area contributed by atoms with Crippen molar-refractivity contribution in [3.8, 4) is 22.8 Å². The minimum Gasteiger partial charge on any atom is -0.367 e. The van der Waals surface area contributed by atoms with Crippen molar-refractivity contribution in [2.75, 3.05) is 33.3 Å². The number of carbonyl (C=O) groups is 1. The van der Waals surface area contributed by atoms with Gasteiger partial charge in [0.2, 0.25) is 5.82 Å². The predicted molar refractivity (Wildman–Crippen MR) is 138 cm³/mol. The highest BCUT2D eigenvalue weighted by atomic mass is 35.5. The molecule has 0 spiro atoms. The first-order chi connectivity index (χ1) is 17.6. The number of amides is 1. The Morgan fingerprint density at radius 2 is 1.72 bits per heavy atom. The lowest BCUT2D eigenvalue weighted by Crippen LogP contribution is -2.49. The second kappa shape index (κ2) is 11.0. The average molecular weight is 503 g/mol. The normalized spacial score (nSPS) is 15.1. The van der Waals surface area contributed by atoms with Crippen LogP contribution >= 0.6 is 11.6 Å². The standard InChI is InChI=1S/C28H27ClN4O3/c1-35-25(21-8-3-2-4-9-21)28(34)33-15-13-32(14-16-33)19-20-7-5-10-22(17-20)26-30-27(36-31-26)23-11-6-12-24(29)18-23/h2-12,17-18,25H,13-16,19H2,1H3/t25-/m0/s1. The summed E-state index contributed by atoms with van der Waals surface area (Å²) >= 11 is 6.09. The summed E-state index contributed by atoms with van der Waals surface area (Å²) in [5.74, 6) is 0.982. The van der Waals surface area contributed by atoms with E-state index in [9.17, 15) is 4.79 Å². The number of piperazine rings is 1. The third-order valence-corrected chi connectivity index (χ3v) is 6.57. The van der Waals surface area contributed by atoms with E-state index < -0.39 is 6.10 Å². The van der Waals surface area contributed by atoms with Crippen molar-refractivity contribution in [2.45, 2.75) is 12.6 Å². The molecule has 7 nitrogen and oxygen atoms in total. The molecule has 5 rings (SSSR count). The van der Waals surface area contributed by atoms with Crippen LogP contribution in [0.4, 0.5) is 0 Å². The van der Waals surface area contributed by atoms with E-state index in [2.05, 4.69) is 27.2 Å². The Hall–Kier alpha value is -3.52. The van der Waals surface area contributed by atoms with Crippen molar-refractivity contribution in [2.24, 2.45) is 0 Å². The van der Waals surface area contributed by atoms with Gasteiger partial charge in [0, 0.05) is 56.0 Å². The van der Waals surface area contributed by atoms with Crippen LogP contribution < -0.4 is 0 Å². The quantitative estimate of drug-likeness (QED) is 0.350. The van der Waals surface area contributed by atoms with E-state index in [4.69, 9.17) is 20.9 Å². The molecule has 0 aliphatic carbocycles. The van der Waals surface area contributed by atoms with Crippen LogP contribution in [-0.2, 0) is 16.1 Å². The third kappa shape index (κ3) is 5.49. The van der Waals surface area contributed by atoms with Crippen molar-refractivity contribution < 1.29 is 14.1 Å². The lowest BCUT2D eigenvalue weighted by atomic mass is 10.1. The van der Waals surface area contributed by atoms with E-state index >= 15 is 0 Å². The van der Waals surface area contributed by atoms with E-state index in [1.54, 1.807) is 19.2 Å². The Kier molecular flexibility index (Phi) is 7.41. The van der Waals surface area contributed by atoms with Gasteiger partial charge in [-0.25, -0.2) is 0 Å². The fourth-order valence-electron chi connectivity index (χ4n) is 4.45. The summed E-state index contributed by atoms with van der Waals surface area (Å²) in [5.41, 5.74) is 3.71. The molecule has 1 atom stereocenters. The number of nitrogens with zero attached hydrogens (tertiary/aromatic N) is 4. The molecule has 3 aromatic carbocycles. The zero-order valence-electron chi connectivity index (χ0n) is 20.0. The monoisotopic (exact) mass is 502 g/mol. The molecular weight excluding hydrogens is 476 g/mol. The van der Waals surface area contributed by atoms with Crippen molar-refractivity contribution in [1.29, 1.82) is 0 Å². The molecule has 1 aliphatic heterocycles. The van der Waals surface area contributed by atoms with E-state index in [-0.39, 0.29) is 5.91 Å². The minimum atomic E-state index is -0.568. The van der Waals surface area contributed by atoms with Crippen LogP contribution in [0.2, 0.25) is 5.02 Å². The molecule has 8 heteroatoms. The summed E-state index contributed by atoms with van der Waals surface area (Å²) < 4.78 is 11.0. The minimum absolute atomic E-state index is 0.0120. The van der Waals surface area contributed by atoms with Crippen LogP contribution in [0.5, 0.6) is 0 Å². The molecule has 0 bridgehead atoms. The number of methoxy groups -OCH3 is 1. The maximum Gasteiger partial charge on any atom is 0.258 e. The van der Waals surface area contributed by atoms with E-state index in [0.717, 1.165) is 41.9 Å². The highest BCUT2D eigenvalue weighted by molar-refractivity contribution is 6.30. The molecule has 1 aliphatic rings. The smallest absolute Gasteiger partial charge is 0.258 e. The van der Waals surface area contributed by atoms with Gasteiger partial charge in [0.25, 0.3) is 11.8 Å². The fraction of sp³-hybridized carbons (Fsp3) is 0.250. The zero-order chi connectivity index (χ0) is 24.9. The number of ether oxygens (including phenoxy) is 1. The number of benzene rings is 3. The van der Waals surface area contributed by atoms with Crippen LogP contribution in [0.1, 0.15) is 17.2 Å². The van der Waals surface area contributed by atoms with E-state index in [1.807, 2.05) is 59.5 Å². The van der Waals surface area contributed by atoms with Gasteiger partial charge in [-0.2, -0.15) is 4.98 Å². The molecule has 0 N–H and O–H groups in total. The van der Waals surface area contributed by atoms with Gasteiger partial charge in [0.05, 0.1) is 0 Å². The third-order valence-electron chi connectivity index (χ3n) is 6.34. The van der Waals surface area contributed by atoms with Gasteiger partial charge >= 0.3 is 0 Å². The van der Waals surface area contributed by atoms with Crippen LogP contribution in [-0.4, -0.2) is 59.1 Å². The molecule has 0 radical (unpaired) electrons. The fourth-order valence-corrected chi connectivity index (χ4v) is 4.64. The van der Waals surface area contributed by atoms with Gasteiger partial charge in [-0.15, -0.1) is 0 Å². The number of hydrogen-bond acceptors (Lipinski definition) is 6. The summed E-state index contributed by atoms with van der Waals surface area (Å²) in [6.45, 7) is 3.70. The van der Waals surface area contributed by atoms with E-state index in [1.165, 1.54) is 0 Å². The number of rotatable bonds is 7. The molecule has 0 unspecified atom stereocenters. The number of aromatic nitrogens is 2. The molecular formula is C28H27ClN4O3. The Morgan fingerprint density at radius 3 is 2.47 bits per heavy atom. The molecule has 0 saturated carbocycles. The first-order valence-electron chi connectivity index (χ1n) is 11.9. The molecule has 184 valence electrons. The Morgan fingerprint density at radius 1 is 0.972 bits per heavy atom. The molecule has 1 amide bonds. The molecule has 1 aromatic heterocycles. The molecule has 1 saturated heterocycles. The van der Waals surface area contributed by atoms with Crippen molar-refractivity contribution in [1.82, 2.24) is 19.9 Å². The van der Waals surface area contributed by atoms with E-state index in [0.29, 0.717) is 29.8 Å². The second-order valence-corrected chi connectivity index (χ2v) is 9.20. The number of halogens is 1. The average Bonchev–Trinajstić information content (AvgIpc) is 3.41. The summed E-state index contributed by atoms with van der Waals surface area (Å²) in [6, 6.07) is 25.1. The van der Waals surface area contributed by atoms with Crippen molar-refractivity contribution in [3.63, 3.8) is 0 Å². The van der Waals surface area contributed by atoms with Crippen molar-refractivity contribution in [3.05, 3.63) is 95.0 Å².